The van der Waals surface area contributed by atoms with E-state index in [2.05, 4.69) is 39.0 Å². The van der Waals surface area contributed by atoms with Crippen molar-refractivity contribution < 1.29 is 9.90 Å². The van der Waals surface area contributed by atoms with E-state index in [1.54, 1.807) is 9.04 Å². The molecular formula is C10H16Br2N2O2. The first-order chi connectivity index (χ1) is 7.54. The zero-order valence-electron chi connectivity index (χ0n) is 9.41. The maximum absolute atomic E-state index is 11.2. The van der Waals surface area contributed by atoms with Gasteiger partial charge in [0.1, 0.15) is 0 Å². The molecule has 0 saturated heterocycles. The molecular weight excluding hydrogens is 340 g/mol. The van der Waals surface area contributed by atoms with E-state index in [1.165, 1.54) is 0 Å². The molecule has 1 unspecified atom stereocenters. The highest BCUT2D eigenvalue weighted by Gasteiger charge is 2.40. The van der Waals surface area contributed by atoms with Gasteiger partial charge in [-0.15, -0.1) is 0 Å². The van der Waals surface area contributed by atoms with Crippen LogP contribution in [0.3, 0.4) is 0 Å². The van der Waals surface area contributed by atoms with Crippen LogP contribution in [0.4, 0.5) is 0 Å². The van der Waals surface area contributed by atoms with Gasteiger partial charge in [-0.1, -0.05) is 36.2 Å². The Hall–Kier alpha value is -0.0700. The Morgan fingerprint density at radius 1 is 1.50 bits per heavy atom. The van der Waals surface area contributed by atoms with Crippen molar-refractivity contribution >= 4 is 38.0 Å². The Balaban J connectivity index is 2.92. The number of carboxylic acid groups (broad SMARTS) is 1. The molecule has 1 aliphatic rings. The van der Waals surface area contributed by atoms with E-state index < -0.39 is 12.0 Å². The third-order valence-electron chi connectivity index (χ3n) is 2.59. The molecule has 0 fully saturated rings. The predicted molar refractivity (Wildman–Crippen MR) is 70.0 cm³/mol. The predicted octanol–water partition coefficient (Wildman–Crippen LogP) is 3.10. The summed E-state index contributed by atoms with van der Waals surface area (Å²) in [6.45, 7) is 4.70. The molecule has 6 heteroatoms. The summed E-state index contributed by atoms with van der Waals surface area (Å²) in [5.41, 5.74) is 1.01. The number of likely N-dealkylation sites (N-methyl/N-ethyl adjacent to an activating group) is 1. The van der Waals surface area contributed by atoms with E-state index in [1.807, 2.05) is 6.92 Å². The zero-order chi connectivity index (χ0) is 12.3. The molecule has 1 rings (SSSR count). The number of hydrogen-bond acceptors (Lipinski definition) is 3. The normalized spacial score (nSPS) is 22.0. The molecule has 0 spiro atoms. The summed E-state index contributed by atoms with van der Waals surface area (Å²) in [5, 5.41) is 11.0. The third kappa shape index (κ3) is 2.60. The van der Waals surface area contributed by atoms with Crippen LogP contribution < -0.4 is 0 Å². The van der Waals surface area contributed by atoms with Gasteiger partial charge in [0.25, 0.3) is 0 Å². The first-order valence-corrected chi connectivity index (χ1v) is 6.88. The number of allylic oxidation sites excluding steroid dienone is 1. The van der Waals surface area contributed by atoms with E-state index in [4.69, 9.17) is 0 Å². The summed E-state index contributed by atoms with van der Waals surface area (Å²) in [6, 6.07) is -0.601. The number of carboxylic acids is 1. The van der Waals surface area contributed by atoms with Crippen LogP contribution in [0.2, 0.25) is 0 Å². The molecule has 4 nitrogen and oxygen atoms in total. The second-order valence-electron chi connectivity index (χ2n) is 3.65. The number of halogens is 2. The fraction of sp³-hybridized carbons (Fsp3) is 0.700. The third-order valence-corrected chi connectivity index (χ3v) is 4.31. The monoisotopic (exact) mass is 354 g/mol. The SMILES string of the molecule is CCCCC1=C(Br)C(C(=O)O)N(CC)N1Br. The van der Waals surface area contributed by atoms with Crippen molar-refractivity contribution in [2.24, 2.45) is 0 Å². The Bertz CT molecular complexity index is 307. The van der Waals surface area contributed by atoms with E-state index in [-0.39, 0.29) is 0 Å². The van der Waals surface area contributed by atoms with E-state index in [9.17, 15) is 9.90 Å². The average molecular weight is 356 g/mol. The van der Waals surface area contributed by atoms with Crippen LogP contribution in [-0.4, -0.2) is 32.7 Å². The minimum Gasteiger partial charge on any atom is -0.480 e. The van der Waals surface area contributed by atoms with E-state index in [0.717, 1.165) is 29.4 Å². The minimum absolute atomic E-state index is 0.601. The Kier molecular flexibility index (Phi) is 5.27. The molecule has 16 heavy (non-hydrogen) atoms. The van der Waals surface area contributed by atoms with Crippen LogP contribution in [0.1, 0.15) is 33.1 Å². The van der Waals surface area contributed by atoms with Gasteiger partial charge in [-0.05, 0) is 12.8 Å². The van der Waals surface area contributed by atoms with E-state index >= 15 is 0 Å². The molecule has 0 aromatic carbocycles. The van der Waals surface area contributed by atoms with Crippen molar-refractivity contribution in [3.05, 3.63) is 10.2 Å². The Morgan fingerprint density at radius 3 is 2.50 bits per heavy atom. The van der Waals surface area contributed by atoms with Gasteiger partial charge in [0, 0.05) is 11.0 Å². The first kappa shape index (κ1) is 14.0. The summed E-state index contributed by atoms with van der Waals surface area (Å²) in [5.74, 6) is -0.829. The lowest BCUT2D eigenvalue weighted by molar-refractivity contribution is -0.143. The highest BCUT2D eigenvalue weighted by Crippen LogP contribution is 2.37. The number of aliphatic carboxylic acids is 1. The van der Waals surface area contributed by atoms with Crippen LogP contribution in [0.25, 0.3) is 0 Å². The zero-order valence-corrected chi connectivity index (χ0v) is 12.6. The fourth-order valence-corrected chi connectivity index (χ4v) is 3.54. The van der Waals surface area contributed by atoms with Crippen LogP contribution in [0.15, 0.2) is 10.2 Å². The average Bonchev–Trinajstić information content (AvgIpc) is 2.47. The Labute approximate surface area is 113 Å². The second-order valence-corrected chi connectivity index (χ2v) is 5.18. The van der Waals surface area contributed by atoms with Crippen molar-refractivity contribution in [3.63, 3.8) is 0 Å². The highest BCUT2D eigenvalue weighted by molar-refractivity contribution is 9.12. The van der Waals surface area contributed by atoms with Gasteiger partial charge >= 0.3 is 5.97 Å². The van der Waals surface area contributed by atoms with Crippen LogP contribution >= 0.6 is 32.1 Å². The van der Waals surface area contributed by atoms with Gasteiger partial charge in [0.15, 0.2) is 6.04 Å². The van der Waals surface area contributed by atoms with Gasteiger partial charge in [-0.25, -0.2) is 4.03 Å². The lowest BCUT2D eigenvalue weighted by Crippen LogP contribution is -2.41. The molecule has 0 radical (unpaired) electrons. The van der Waals surface area contributed by atoms with Crippen molar-refractivity contribution in [3.8, 4) is 0 Å². The number of unbranched alkanes of at least 4 members (excludes halogenated alkanes) is 1. The molecule has 1 aliphatic heterocycles. The molecule has 0 amide bonds. The van der Waals surface area contributed by atoms with Crippen molar-refractivity contribution in [1.82, 2.24) is 9.04 Å². The van der Waals surface area contributed by atoms with Gasteiger partial charge in [-0.2, -0.15) is 5.01 Å². The van der Waals surface area contributed by atoms with Gasteiger partial charge in [-0.3, -0.25) is 4.79 Å². The van der Waals surface area contributed by atoms with Crippen molar-refractivity contribution in [2.45, 2.75) is 39.2 Å². The summed E-state index contributed by atoms with van der Waals surface area (Å²) >= 11 is 6.83. The van der Waals surface area contributed by atoms with Gasteiger partial charge in [0.2, 0.25) is 0 Å². The van der Waals surface area contributed by atoms with E-state index in [0.29, 0.717) is 6.54 Å². The first-order valence-electron chi connectivity index (χ1n) is 5.38. The number of hydrogen-bond donors (Lipinski definition) is 1. The smallest absolute Gasteiger partial charge is 0.328 e. The van der Waals surface area contributed by atoms with Crippen LogP contribution in [0, 0.1) is 0 Å². The van der Waals surface area contributed by atoms with Crippen molar-refractivity contribution in [2.75, 3.05) is 6.54 Å². The second kappa shape index (κ2) is 6.02. The molecule has 1 N–H and O–H groups in total. The van der Waals surface area contributed by atoms with Gasteiger partial charge < -0.3 is 5.11 Å². The number of nitrogens with zero attached hydrogens (tertiary/aromatic N) is 2. The van der Waals surface area contributed by atoms with Crippen molar-refractivity contribution in [1.29, 1.82) is 0 Å². The fourth-order valence-electron chi connectivity index (χ4n) is 1.73. The summed E-state index contributed by atoms with van der Waals surface area (Å²) in [7, 11) is 0. The number of hydrazine groups is 1. The standard InChI is InChI=1S/C10H16Br2N2O2/c1-3-5-6-7-8(11)9(10(15)16)13(4-2)14(7)12/h9H,3-6H2,1-2H3,(H,15,16). The molecule has 0 aromatic rings. The molecule has 0 aliphatic carbocycles. The lowest BCUT2D eigenvalue weighted by atomic mass is 10.2. The van der Waals surface area contributed by atoms with Crippen LogP contribution in [0.5, 0.6) is 0 Å². The summed E-state index contributed by atoms with van der Waals surface area (Å²) < 4.78 is 2.54. The van der Waals surface area contributed by atoms with Gasteiger partial charge in [0.05, 0.1) is 21.8 Å². The molecule has 0 bridgehead atoms. The molecule has 0 saturated carbocycles. The highest BCUT2D eigenvalue weighted by atomic mass is 79.9. The topological polar surface area (TPSA) is 43.8 Å². The number of rotatable bonds is 5. The Morgan fingerprint density at radius 2 is 2.12 bits per heavy atom. The lowest BCUT2D eigenvalue weighted by Gasteiger charge is -2.27. The maximum Gasteiger partial charge on any atom is 0.328 e. The quantitative estimate of drug-likeness (QED) is 0.769. The summed E-state index contributed by atoms with van der Waals surface area (Å²) in [6.07, 6.45) is 3.02. The van der Waals surface area contributed by atoms with Crippen LogP contribution in [-0.2, 0) is 4.79 Å². The number of carbonyl (C=O) groups is 1. The summed E-state index contributed by atoms with van der Waals surface area (Å²) in [4.78, 5) is 11.2. The maximum atomic E-state index is 11.2. The largest absolute Gasteiger partial charge is 0.480 e. The molecule has 0 aromatic heterocycles. The molecule has 1 heterocycles. The minimum atomic E-state index is -0.829. The molecule has 92 valence electrons. The molecule has 1 atom stereocenters.